The third-order valence-corrected chi connectivity index (χ3v) is 8.36. The SMILES string of the molecule is C1=CC2SC1c1c2c2c3ccccc3n(-c3ccccc3)c2c2[nH]c3ccccc3c12. The van der Waals surface area contributed by atoms with Crippen molar-refractivity contribution in [1.82, 2.24) is 9.55 Å². The molecular formula is C28H18N2S. The van der Waals surface area contributed by atoms with Crippen LogP contribution in [0.25, 0.3) is 49.3 Å². The molecule has 2 aromatic heterocycles. The number of benzene rings is 4. The number of thioether (sulfide) groups is 1. The highest BCUT2D eigenvalue weighted by Crippen LogP contribution is 2.62. The van der Waals surface area contributed by atoms with Gasteiger partial charge in [0.05, 0.1) is 16.6 Å². The second kappa shape index (κ2) is 5.63. The van der Waals surface area contributed by atoms with Crippen LogP contribution in [0.15, 0.2) is 91.0 Å². The van der Waals surface area contributed by atoms with Gasteiger partial charge in [-0.25, -0.2) is 0 Å². The second-order valence-electron chi connectivity index (χ2n) is 8.52. The summed E-state index contributed by atoms with van der Waals surface area (Å²) in [4.78, 5) is 3.83. The maximum atomic E-state index is 3.83. The minimum absolute atomic E-state index is 0.440. The molecule has 0 saturated carbocycles. The Bertz CT molecular complexity index is 1720. The molecule has 4 aromatic carbocycles. The third kappa shape index (κ3) is 1.91. The number of hydrogen-bond acceptors (Lipinski definition) is 1. The van der Waals surface area contributed by atoms with Crippen molar-refractivity contribution in [2.24, 2.45) is 0 Å². The minimum Gasteiger partial charge on any atom is -0.353 e. The summed E-state index contributed by atoms with van der Waals surface area (Å²) in [5, 5.41) is 6.39. The summed E-state index contributed by atoms with van der Waals surface area (Å²) in [7, 11) is 0. The molecule has 0 fully saturated rings. The highest BCUT2D eigenvalue weighted by Gasteiger charge is 2.39. The summed E-state index contributed by atoms with van der Waals surface area (Å²) in [5.74, 6) is 0. The van der Waals surface area contributed by atoms with Crippen molar-refractivity contribution in [1.29, 1.82) is 0 Å². The molecule has 2 bridgehead atoms. The fourth-order valence-corrected chi connectivity index (χ4v) is 7.27. The monoisotopic (exact) mass is 414 g/mol. The van der Waals surface area contributed by atoms with Gasteiger partial charge in [-0.15, -0.1) is 11.8 Å². The van der Waals surface area contributed by atoms with Gasteiger partial charge in [0.25, 0.3) is 0 Å². The molecule has 0 aliphatic carbocycles. The number of para-hydroxylation sites is 3. The lowest BCUT2D eigenvalue weighted by atomic mass is 9.88. The quantitative estimate of drug-likeness (QED) is 0.272. The molecule has 4 heterocycles. The van der Waals surface area contributed by atoms with Crippen LogP contribution in [0.1, 0.15) is 21.6 Å². The van der Waals surface area contributed by atoms with E-state index in [9.17, 15) is 0 Å². The fourth-order valence-electron chi connectivity index (χ4n) is 5.83. The first kappa shape index (κ1) is 16.3. The molecular weight excluding hydrogens is 396 g/mol. The summed E-state index contributed by atoms with van der Waals surface area (Å²) in [6, 6.07) is 28.5. The van der Waals surface area contributed by atoms with Gasteiger partial charge in [0.15, 0.2) is 0 Å². The van der Waals surface area contributed by atoms with Crippen LogP contribution in [-0.4, -0.2) is 9.55 Å². The zero-order valence-corrected chi connectivity index (χ0v) is 17.5. The van der Waals surface area contributed by atoms with Crippen LogP contribution in [-0.2, 0) is 0 Å². The van der Waals surface area contributed by atoms with E-state index in [-0.39, 0.29) is 0 Å². The Morgan fingerprint density at radius 2 is 1.35 bits per heavy atom. The van der Waals surface area contributed by atoms with E-state index in [1.807, 2.05) is 0 Å². The number of nitrogens with zero attached hydrogens (tertiary/aromatic N) is 1. The van der Waals surface area contributed by atoms with Crippen LogP contribution in [0.3, 0.4) is 0 Å². The predicted octanol–water partition coefficient (Wildman–Crippen LogP) is 7.82. The van der Waals surface area contributed by atoms with E-state index in [2.05, 4.69) is 112 Å². The van der Waals surface area contributed by atoms with E-state index < -0.39 is 0 Å². The van der Waals surface area contributed by atoms with Crippen LogP contribution in [0, 0.1) is 0 Å². The van der Waals surface area contributed by atoms with Gasteiger partial charge in [-0.2, -0.15) is 0 Å². The number of aromatic amines is 1. The number of rotatable bonds is 1. The van der Waals surface area contributed by atoms with Crippen LogP contribution in [0.5, 0.6) is 0 Å². The standard InChI is InChI=1S/C28H18N2S/c1-2-8-16(9-3-1)30-20-13-7-5-11-18(20)24-26-22-15-14-21(31-22)25(26)23-17-10-4-6-12-19(17)29-27(23)28(24)30/h1-15,21-22,29H. The van der Waals surface area contributed by atoms with E-state index in [0.717, 1.165) is 0 Å². The van der Waals surface area contributed by atoms with Crippen molar-refractivity contribution in [3.8, 4) is 5.69 Å². The summed E-state index contributed by atoms with van der Waals surface area (Å²) in [5.41, 5.74) is 9.31. The number of hydrogen-bond donors (Lipinski definition) is 1. The number of aromatic nitrogens is 2. The first-order chi connectivity index (χ1) is 15.4. The molecule has 0 spiro atoms. The number of fused-ring (bicyclic) bond motifs is 14. The molecule has 2 atom stereocenters. The molecule has 3 heteroatoms. The molecule has 0 saturated heterocycles. The molecule has 2 unspecified atom stereocenters. The van der Waals surface area contributed by atoms with Crippen LogP contribution >= 0.6 is 11.8 Å². The van der Waals surface area contributed by atoms with E-state index >= 15 is 0 Å². The zero-order valence-electron chi connectivity index (χ0n) is 16.7. The zero-order chi connectivity index (χ0) is 20.1. The summed E-state index contributed by atoms with van der Waals surface area (Å²) < 4.78 is 2.46. The van der Waals surface area contributed by atoms with E-state index in [0.29, 0.717) is 10.5 Å². The van der Waals surface area contributed by atoms with E-state index in [1.165, 1.54) is 60.4 Å². The first-order valence-corrected chi connectivity index (χ1v) is 11.7. The summed E-state index contributed by atoms with van der Waals surface area (Å²) in [6.45, 7) is 0. The maximum absolute atomic E-state index is 3.83. The fraction of sp³-hybridized carbons (Fsp3) is 0.0714. The molecule has 0 amide bonds. The normalized spacial score (nSPS) is 19.4. The van der Waals surface area contributed by atoms with E-state index in [1.54, 1.807) is 0 Å². The first-order valence-electron chi connectivity index (χ1n) is 10.8. The lowest BCUT2D eigenvalue weighted by molar-refractivity contribution is 1.16. The Morgan fingerprint density at radius 1 is 0.677 bits per heavy atom. The highest BCUT2D eigenvalue weighted by atomic mass is 32.2. The van der Waals surface area contributed by atoms with Gasteiger partial charge in [0.1, 0.15) is 0 Å². The van der Waals surface area contributed by atoms with Crippen molar-refractivity contribution in [2.45, 2.75) is 10.5 Å². The highest BCUT2D eigenvalue weighted by molar-refractivity contribution is 8.00. The Labute approximate surface area is 183 Å². The van der Waals surface area contributed by atoms with Crippen LogP contribution in [0.2, 0.25) is 0 Å². The van der Waals surface area contributed by atoms with Crippen molar-refractivity contribution >= 4 is 55.4 Å². The predicted molar refractivity (Wildman–Crippen MR) is 132 cm³/mol. The Kier molecular flexibility index (Phi) is 2.96. The molecule has 146 valence electrons. The molecule has 1 N–H and O–H groups in total. The lowest BCUT2D eigenvalue weighted by Crippen LogP contribution is -1.98. The molecule has 8 rings (SSSR count). The topological polar surface area (TPSA) is 20.7 Å². The van der Waals surface area contributed by atoms with Gasteiger partial charge in [-0.3, -0.25) is 0 Å². The smallest absolute Gasteiger partial charge is 0.0786 e. The molecule has 2 nitrogen and oxygen atoms in total. The van der Waals surface area contributed by atoms with Crippen molar-refractivity contribution < 1.29 is 0 Å². The molecule has 0 radical (unpaired) electrons. The third-order valence-electron chi connectivity index (χ3n) is 6.98. The second-order valence-corrected chi connectivity index (χ2v) is 9.81. The van der Waals surface area contributed by atoms with Crippen LogP contribution < -0.4 is 0 Å². The van der Waals surface area contributed by atoms with Crippen molar-refractivity contribution in [3.05, 3.63) is 102 Å². The van der Waals surface area contributed by atoms with Gasteiger partial charge in [0.2, 0.25) is 0 Å². The van der Waals surface area contributed by atoms with Crippen molar-refractivity contribution in [2.75, 3.05) is 0 Å². The van der Waals surface area contributed by atoms with E-state index in [4.69, 9.17) is 0 Å². The largest absolute Gasteiger partial charge is 0.353 e. The van der Waals surface area contributed by atoms with Crippen LogP contribution in [0.4, 0.5) is 0 Å². The molecule has 2 aliphatic heterocycles. The minimum atomic E-state index is 0.440. The molecule has 2 aliphatic rings. The van der Waals surface area contributed by atoms with Gasteiger partial charge in [0, 0.05) is 43.2 Å². The summed E-state index contributed by atoms with van der Waals surface area (Å²) in [6.07, 6.45) is 4.81. The Morgan fingerprint density at radius 3 is 2.19 bits per heavy atom. The number of H-pyrrole nitrogens is 1. The average Bonchev–Trinajstić information content (AvgIpc) is 3.58. The Balaban J connectivity index is 1.73. The molecule has 31 heavy (non-hydrogen) atoms. The maximum Gasteiger partial charge on any atom is 0.0786 e. The molecule has 6 aromatic rings. The number of nitrogens with one attached hydrogen (secondary N) is 1. The van der Waals surface area contributed by atoms with Gasteiger partial charge >= 0.3 is 0 Å². The average molecular weight is 415 g/mol. The lowest BCUT2D eigenvalue weighted by Gasteiger charge is -2.15. The van der Waals surface area contributed by atoms with Crippen molar-refractivity contribution in [3.63, 3.8) is 0 Å². The Hall–Kier alpha value is -3.43. The van der Waals surface area contributed by atoms with Gasteiger partial charge in [-0.05, 0) is 35.4 Å². The van der Waals surface area contributed by atoms with Gasteiger partial charge in [-0.1, -0.05) is 66.7 Å². The summed E-state index contributed by atoms with van der Waals surface area (Å²) >= 11 is 2.08. The van der Waals surface area contributed by atoms with Gasteiger partial charge < -0.3 is 9.55 Å².